The van der Waals surface area contributed by atoms with Crippen LogP contribution in [-0.2, 0) is 22.3 Å². The Morgan fingerprint density at radius 2 is 1.76 bits per heavy atom. The molecule has 152 valence electrons. The van der Waals surface area contributed by atoms with Gasteiger partial charge in [-0.2, -0.15) is 5.10 Å². The molecule has 2 aromatic carbocycles. The predicted octanol–water partition coefficient (Wildman–Crippen LogP) is 3.36. The summed E-state index contributed by atoms with van der Waals surface area (Å²) >= 11 is 12.2. The molecule has 0 aliphatic carbocycles. The molecule has 3 rings (SSSR count). The van der Waals surface area contributed by atoms with E-state index in [2.05, 4.69) is 20.2 Å². The molecule has 0 aliphatic rings. The lowest BCUT2D eigenvalue weighted by Gasteiger charge is -2.08. The average molecular weight is 453 g/mol. The van der Waals surface area contributed by atoms with Crippen LogP contribution in [0.3, 0.4) is 0 Å². The molecule has 0 radical (unpaired) electrons. The van der Waals surface area contributed by atoms with Crippen LogP contribution in [-0.4, -0.2) is 31.6 Å². The molecule has 0 saturated heterocycles. The number of sulfonamides is 1. The smallest absolute Gasteiger partial charge is 0.270 e. The van der Waals surface area contributed by atoms with Crippen LogP contribution in [0.5, 0.6) is 0 Å². The number of benzene rings is 2. The van der Waals surface area contributed by atoms with Crippen LogP contribution in [0.1, 0.15) is 21.6 Å². The fraction of sp³-hybridized carbons (Fsp3) is 0.158. The lowest BCUT2D eigenvalue weighted by molar-refractivity contribution is 0.0946. The van der Waals surface area contributed by atoms with Crippen molar-refractivity contribution in [3.63, 3.8) is 0 Å². The quantitative estimate of drug-likeness (QED) is 0.510. The van der Waals surface area contributed by atoms with Gasteiger partial charge in [-0.15, -0.1) is 0 Å². The molecular formula is C19H18Cl2N4O3S. The van der Waals surface area contributed by atoms with E-state index in [0.717, 1.165) is 5.56 Å². The molecule has 0 saturated carbocycles. The van der Waals surface area contributed by atoms with Gasteiger partial charge in [0, 0.05) is 22.7 Å². The Balaban J connectivity index is 1.69. The van der Waals surface area contributed by atoms with Crippen molar-refractivity contribution in [3.05, 3.63) is 75.5 Å². The number of amides is 1. The minimum Gasteiger partial charge on any atom is -0.347 e. The van der Waals surface area contributed by atoms with Gasteiger partial charge in [-0.25, -0.2) is 13.1 Å². The Hall–Kier alpha value is -2.39. The summed E-state index contributed by atoms with van der Waals surface area (Å²) in [6.07, 6.45) is 1.53. The summed E-state index contributed by atoms with van der Waals surface area (Å²) in [7, 11) is -1.95. The number of hydrogen-bond donors (Lipinski definition) is 3. The van der Waals surface area contributed by atoms with E-state index in [4.69, 9.17) is 23.2 Å². The first-order valence-electron chi connectivity index (χ1n) is 8.55. The second-order valence-corrected chi connectivity index (χ2v) is 9.02. The van der Waals surface area contributed by atoms with Crippen LogP contribution in [0.25, 0.3) is 11.1 Å². The van der Waals surface area contributed by atoms with E-state index in [1.165, 1.54) is 13.2 Å². The first-order valence-corrected chi connectivity index (χ1v) is 11.0. The third kappa shape index (κ3) is 5.36. The van der Waals surface area contributed by atoms with Crippen molar-refractivity contribution in [3.8, 4) is 11.1 Å². The Bertz CT molecular complexity index is 1130. The van der Waals surface area contributed by atoms with Gasteiger partial charge < -0.3 is 5.32 Å². The molecule has 7 nitrogen and oxygen atoms in total. The van der Waals surface area contributed by atoms with Gasteiger partial charge in [0.2, 0.25) is 10.0 Å². The van der Waals surface area contributed by atoms with Gasteiger partial charge >= 0.3 is 0 Å². The zero-order valence-electron chi connectivity index (χ0n) is 15.4. The van der Waals surface area contributed by atoms with Crippen molar-refractivity contribution in [2.75, 3.05) is 7.05 Å². The minimum absolute atomic E-state index is 0.102. The molecule has 3 aromatic rings. The van der Waals surface area contributed by atoms with Crippen molar-refractivity contribution in [1.29, 1.82) is 0 Å². The van der Waals surface area contributed by atoms with Gasteiger partial charge in [-0.1, -0.05) is 53.5 Å². The van der Waals surface area contributed by atoms with E-state index in [0.29, 0.717) is 26.7 Å². The van der Waals surface area contributed by atoms with Crippen molar-refractivity contribution in [2.45, 2.75) is 12.3 Å². The first-order chi connectivity index (χ1) is 13.8. The maximum atomic E-state index is 12.6. The number of H-pyrrole nitrogens is 1. The molecule has 1 aromatic heterocycles. The third-order valence-electron chi connectivity index (χ3n) is 4.23. The van der Waals surface area contributed by atoms with Gasteiger partial charge in [0.25, 0.3) is 5.91 Å². The minimum atomic E-state index is -3.33. The molecule has 1 heterocycles. The highest BCUT2D eigenvalue weighted by molar-refractivity contribution is 7.88. The SMILES string of the molecule is CNS(=O)(=O)Cc1ccc(CNC(=O)c2[nH]ncc2-c2ccc(Cl)cc2Cl)cc1. The van der Waals surface area contributed by atoms with Crippen molar-refractivity contribution >= 4 is 39.1 Å². The van der Waals surface area contributed by atoms with E-state index in [9.17, 15) is 13.2 Å². The molecule has 0 aliphatic heterocycles. The number of rotatable bonds is 7. The van der Waals surface area contributed by atoms with Crippen molar-refractivity contribution in [2.24, 2.45) is 0 Å². The molecule has 0 fully saturated rings. The summed E-state index contributed by atoms with van der Waals surface area (Å²) in [6.45, 7) is 0.269. The van der Waals surface area contributed by atoms with E-state index in [1.54, 1.807) is 42.5 Å². The number of nitrogens with zero attached hydrogens (tertiary/aromatic N) is 1. The predicted molar refractivity (Wildman–Crippen MR) is 113 cm³/mol. The normalized spacial score (nSPS) is 11.4. The number of nitrogens with one attached hydrogen (secondary N) is 3. The van der Waals surface area contributed by atoms with Crippen LogP contribution in [0.15, 0.2) is 48.7 Å². The van der Waals surface area contributed by atoms with Crippen LogP contribution in [0, 0.1) is 0 Å². The van der Waals surface area contributed by atoms with Gasteiger partial charge in [-0.3, -0.25) is 9.89 Å². The fourth-order valence-electron chi connectivity index (χ4n) is 2.69. The van der Waals surface area contributed by atoms with Crippen molar-refractivity contribution < 1.29 is 13.2 Å². The third-order valence-corrected chi connectivity index (χ3v) is 6.11. The summed E-state index contributed by atoms with van der Waals surface area (Å²) < 4.78 is 25.5. The molecule has 1 amide bonds. The zero-order valence-corrected chi connectivity index (χ0v) is 17.7. The van der Waals surface area contributed by atoms with Crippen LogP contribution in [0.4, 0.5) is 0 Å². The number of hydrogen-bond acceptors (Lipinski definition) is 4. The van der Waals surface area contributed by atoms with E-state index < -0.39 is 10.0 Å². The highest BCUT2D eigenvalue weighted by atomic mass is 35.5. The van der Waals surface area contributed by atoms with Gasteiger partial charge in [0.15, 0.2) is 0 Å². The Morgan fingerprint density at radius 3 is 2.41 bits per heavy atom. The summed E-state index contributed by atoms with van der Waals surface area (Å²) in [4.78, 5) is 12.6. The number of aromatic nitrogens is 2. The zero-order chi connectivity index (χ0) is 21.0. The summed E-state index contributed by atoms with van der Waals surface area (Å²) in [5.41, 5.74) is 2.98. The second kappa shape index (κ2) is 8.96. The van der Waals surface area contributed by atoms with Crippen LogP contribution < -0.4 is 10.0 Å². The van der Waals surface area contributed by atoms with Crippen molar-refractivity contribution in [1.82, 2.24) is 20.2 Å². The van der Waals surface area contributed by atoms with Crippen LogP contribution >= 0.6 is 23.2 Å². The fourth-order valence-corrected chi connectivity index (χ4v) is 3.97. The first kappa shape index (κ1) is 21.3. The Kier molecular flexibility index (Phi) is 6.59. The molecular weight excluding hydrogens is 435 g/mol. The number of carbonyl (C=O) groups excluding carboxylic acids is 1. The van der Waals surface area contributed by atoms with E-state index >= 15 is 0 Å². The van der Waals surface area contributed by atoms with Gasteiger partial charge in [-0.05, 0) is 30.3 Å². The standard InChI is InChI=1S/C19H18Cl2N4O3S/c1-22-29(27,28)11-13-4-2-12(3-5-13)9-23-19(26)18-16(10-24-25-18)15-7-6-14(20)8-17(15)21/h2-8,10,22H,9,11H2,1H3,(H,23,26)(H,24,25). The summed E-state index contributed by atoms with van der Waals surface area (Å²) in [5.74, 6) is -0.444. The highest BCUT2D eigenvalue weighted by Gasteiger charge is 2.17. The number of aromatic amines is 1. The van der Waals surface area contributed by atoms with E-state index in [-0.39, 0.29) is 23.9 Å². The summed E-state index contributed by atoms with van der Waals surface area (Å²) in [6, 6.07) is 12.0. The molecule has 0 unspecified atom stereocenters. The largest absolute Gasteiger partial charge is 0.347 e. The second-order valence-electron chi connectivity index (χ2n) is 6.25. The van der Waals surface area contributed by atoms with Crippen LogP contribution in [0.2, 0.25) is 10.0 Å². The monoisotopic (exact) mass is 452 g/mol. The maximum absolute atomic E-state index is 12.6. The number of halogens is 2. The molecule has 0 bridgehead atoms. The molecule has 0 spiro atoms. The molecule has 3 N–H and O–H groups in total. The average Bonchev–Trinajstić information content (AvgIpc) is 3.16. The lowest BCUT2D eigenvalue weighted by Crippen LogP contribution is -2.24. The lowest BCUT2D eigenvalue weighted by atomic mass is 10.1. The topological polar surface area (TPSA) is 104 Å². The van der Waals surface area contributed by atoms with E-state index in [1.807, 2.05) is 0 Å². The molecule has 0 atom stereocenters. The van der Waals surface area contributed by atoms with Gasteiger partial charge in [0.1, 0.15) is 5.69 Å². The Morgan fingerprint density at radius 1 is 1.07 bits per heavy atom. The van der Waals surface area contributed by atoms with Gasteiger partial charge in [0.05, 0.1) is 17.0 Å². The molecule has 29 heavy (non-hydrogen) atoms. The highest BCUT2D eigenvalue weighted by Crippen LogP contribution is 2.31. The maximum Gasteiger partial charge on any atom is 0.270 e. The summed E-state index contributed by atoms with van der Waals surface area (Å²) in [5, 5.41) is 10.4. The number of carbonyl (C=O) groups is 1. The Labute approximate surface area is 178 Å². The molecule has 10 heteroatoms.